The molecule has 0 bridgehead atoms. The average Bonchev–Trinajstić information content (AvgIpc) is 2.63. The van der Waals surface area contributed by atoms with Crippen LogP contribution in [0.1, 0.15) is 12.5 Å². The van der Waals surface area contributed by atoms with Gasteiger partial charge in [-0.05, 0) is 52.9 Å². The summed E-state index contributed by atoms with van der Waals surface area (Å²) in [6.45, 7) is 4.81. The average molecular weight is 271 g/mol. The molecule has 0 aliphatic rings. The van der Waals surface area contributed by atoms with Crippen LogP contribution < -0.4 is 4.74 Å². The molecule has 1 aromatic carbocycles. The van der Waals surface area contributed by atoms with Crippen LogP contribution in [0.3, 0.4) is 0 Å². The number of benzene rings is 1. The molecule has 0 unspecified atom stereocenters. The Kier molecular flexibility index (Phi) is 2.79. The lowest BCUT2D eigenvalue weighted by atomic mass is 10.2. The van der Waals surface area contributed by atoms with Gasteiger partial charge >= 0.3 is 0 Å². The van der Waals surface area contributed by atoms with Crippen LogP contribution in [0, 0.1) is 6.92 Å². The standard InChI is InChI=1S/C11H11BrOS/c1-3-13-9-6-7(2)10(12)8-4-5-14-11(8)9/h4-6H,3H2,1-2H3. The van der Waals surface area contributed by atoms with E-state index in [0.717, 1.165) is 5.75 Å². The van der Waals surface area contributed by atoms with Gasteiger partial charge in [-0.1, -0.05) is 0 Å². The minimum atomic E-state index is 0.716. The van der Waals surface area contributed by atoms with Crippen molar-refractivity contribution in [1.29, 1.82) is 0 Å². The highest BCUT2D eigenvalue weighted by Crippen LogP contribution is 2.37. The molecule has 0 saturated carbocycles. The molecule has 14 heavy (non-hydrogen) atoms. The van der Waals surface area contributed by atoms with E-state index >= 15 is 0 Å². The van der Waals surface area contributed by atoms with Crippen LogP contribution in [0.4, 0.5) is 0 Å². The zero-order valence-corrected chi connectivity index (χ0v) is 10.5. The van der Waals surface area contributed by atoms with Crippen LogP contribution in [0.2, 0.25) is 0 Å². The van der Waals surface area contributed by atoms with Gasteiger partial charge in [0.2, 0.25) is 0 Å². The zero-order valence-electron chi connectivity index (χ0n) is 8.13. The van der Waals surface area contributed by atoms with Crippen molar-refractivity contribution in [3.05, 3.63) is 27.5 Å². The highest BCUT2D eigenvalue weighted by atomic mass is 79.9. The summed E-state index contributed by atoms with van der Waals surface area (Å²) in [6, 6.07) is 4.21. The van der Waals surface area contributed by atoms with Crippen LogP contribution >= 0.6 is 27.3 Å². The van der Waals surface area contributed by atoms with Crippen LogP contribution in [-0.2, 0) is 0 Å². The van der Waals surface area contributed by atoms with Crippen LogP contribution in [0.25, 0.3) is 10.1 Å². The van der Waals surface area contributed by atoms with Gasteiger partial charge in [-0.3, -0.25) is 0 Å². The largest absolute Gasteiger partial charge is 0.492 e. The van der Waals surface area contributed by atoms with Gasteiger partial charge in [-0.15, -0.1) is 11.3 Å². The molecule has 1 nitrogen and oxygen atoms in total. The Balaban J connectivity index is 2.71. The lowest BCUT2D eigenvalue weighted by Crippen LogP contribution is -1.92. The number of thiophene rings is 1. The van der Waals surface area contributed by atoms with Gasteiger partial charge in [0.1, 0.15) is 5.75 Å². The topological polar surface area (TPSA) is 9.23 Å². The highest BCUT2D eigenvalue weighted by molar-refractivity contribution is 9.10. The van der Waals surface area contributed by atoms with Gasteiger partial charge in [0.15, 0.2) is 0 Å². The second-order valence-electron chi connectivity index (χ2n) is 3.10. The zero-order chi connectivity index (χ0) is 10.1. The second-order valence-corrected chi connectivity index (χ2v) is 4.81. The molecule has 0 radical (unpaired) electrons. The summed E-state index contributed by atoms with van der Waals surface area (Å²) < 4.78 is 8.01. The summed E-state index contributed by atoms with van der Waals surface area (Å²) in [5, 5.41) is 3.34. The molecule has 0 spiro atoms. The first kappa shape index (κ1) is 9.99. The first-order valence-electron chi connectivity index (χ1n) is 4.53. The Morgan fingerprint density at radius 2 is 2.29 bits per heavy atom. The Labute approximate surface area is 95.8 Å². The van der Waals surface area contributed by atoms with Gasteiger partial charge in [-0.25, -0.2) is 0 Å². The molecule has 0 saturated heterocycles. The number of hydrogen-bond acceptors (Lipinski definition) is 2. The van der Waals surface area contributed by atoms with E-state index in [0.29, 0.717) is 6.61 Å². The molecule has 0 aliphatic heterocycles. The van der Waals surface area contributed by atoms with Gasteiger partial charge in [0, 0.05) is 9.86 Å². The highest BCUT2D eigenvalue weighted by Gasteiger charge is 2.09. The Bertz CT molecular complexity index is 462. The van der Waals surface area contributed by atoms with Gasteiger partial charge in [0.25, 0.3) is 0 Å². The minimum absolute atomic E-state index is 0.716. The van der Waals surface area contributed by atoms with Crippen LogP contribution in [0.15, 0.2) is 22.0 Å². The lowest BCUT2D eigenvalue weighted by Gasteiger charge is -2.07. The molecular weight excluding hydrogens is 260 g/mol. The molecule has 2 rings (SSSR count). The first-order chi connectivity index (χ1) is 6.74. The van der Waals surface area contributed by atoms with E-state index in [1.165, 1.54) is 20.1 Å². The van der Waals surface area contributed by atoms with Crippen molar-refractivity contribution in [3.63, 3.8) is 0 Å². The van der Waals surface area contributed by atoms with Crippen LogP contribution in [0.5, 0.6) is 5.75 Å². The molecule has 0 N–H and O–H groups in total. The van der Waals surface area contributed by atoms with E-state index in [1.54, 1.807) is 11.3 Å². The quantitative estimate of drug-likeness (QED) is 0.788. The predicted octanol–water partition coefficient (Wildman–Crippen LogP) is 4.37. The molecule has 1 heterocycles. The number of hydrogen-bond donors (Lipinski definition) is 0. The third kappa shape index (κ3) is 1.55. The third-order valence-corrected chi connectivity index (χ3v) is 4.10. The maximum atomic E-state index is 5.60. The van der Waals surface area contributed by atoms with Crippen LogP contribution in [-0.4, -0.2) is 6.61 Å². The third-order valence-electron chi connectivity index (χ3n) is 2.12. The molecule has 74 valence electrons. The molecule has 0 aliphatic carbocycles. The molecule has 2 aromatic rings. The van der Waals surface area contributed by atoms with E-state index in [9.17, 15) is 0 Å². The monoisotopic (exact) mass is 270 g/mol. The van der Waals surface area contributed by atoms with E-state index in [4.69, 9.17) is 4.74 Å². The van der Waals surface area contributed by atoms with Crippen molar-refractivity contribution in [1.82, 2.24) is 0 Å². The van der Waals surface area contributed by atoms with Gasteiger partial charge < -0.3 is 4.74 Å². The van der Waals surface area contributed by atoms with E-state index in [-0.39, 0.29) is 0 Å². The first-order valence-corrected chi connectivity index (χ1v) is 6.20. The minimum Gasteiger partial charge on any atom is -0.492 e. The molecule has 3 heteroatoms. The number of aryl methyl sites for hydroxylation is 1. The fourth-order valence-corrected chi connectivity index (χ4v) is 2.92. The maximum Gasteiger partial charge on any atom is 0.137 e. The van der Waals surface area contributed by atoms with Crippen molar-refractivity contribution in [2.45, 2.75) is 13.8 Å². The van der Waals surface area contributed by atoms with E-state index in [2.05, 4.69) is 40.4 Å². The number of rotatable bonds is 2. The fourth-order valence-electron chi connectivity index (χ4n) is 1.47. The fraction of sp³-hybridized carbons (Fsp3) is 0.273. The summed E-state index contributed by atoms with van der Waals surface area (Å²) in [7, 11) is 0. The van der Waals surface area contributed by atoms with E-state index in [1.807, 2.05) is 6.92 Å². The van der Waals surface area contributed by atoms with Gasteiger partial charge in [-0.2, -0.15) is 0 Å². The summed E-state index contributed by atoms with van der Waals surface area (Å²) >= 11 is 5.32. The number of fused-ring (bicyclic) bond motifs is 1. The summed E-state index contributed by atoms with van der Waals surface area (Å²) in [4.78, 5) is 0. The SMILES string of the molecule is CCOc1cc(C)c(Br)c2ccsc12. The Hall–Kier alpha value is -0.540. The van der Waals surface area contributed by atoms with E-state index < -0.39 is 0 Å². The number of ether oxygens (including phenoxy) is 1. The predicted molar refractivity (Wildman–Crippen MR) is 65.4 cm³/mol. The second kappa shape index (κ2) is 3.91. The van der Waals surface area contributed by atoms with Crippen molar-refractivity contribution in [3.8, 4) is 5.75 Å². The van der Waals surface area contributed by atoms with Crippen molar-refractivity contribution < 1.29 is 4.74 Å². The molecule has 0 amide bonds. The molecule has 0 atom stereocenters. The number of halogens is 1. The summed E-state index contributed by atoms with van der Waals surface area (Å²) in [5.41, 5.74) is 1.22. The Morgan fingerprint density at radius 3 is 3.00 bits per heavy atom. The maximum absolute atomic E-state index is 5.60. The van der Waals surface area contributed by atoms with Crippen molar-refractivity contribution in [2.75, 3.05) is 6.61 Å². The summed E-state index contributed by atoms with van der Waals surface area (Å²) in [6.07, 6.45) is 0. The smallest absolute Gasteiger partial charge is 0.137 e. The lowest BCUT2D eigenvalue weighted by molar-refractivity contribution is 0.344. The molecule has 0 fully saturated rings. The Morgan fingerprint density at radius 1 is 1.50 bits per heavy atom. The van der Waals surface area contributed by atoms with Crippen molar-refractivity contribution >= 4 is 37.4 Å². The molecular formula is C11H11BrOS. The van der Waals surface area contributed by atoms with Crippen molar-refractivity contribution in [2.24, 2.45) is 0 Å². The van der Waals surface area contributed by atoms with Gasteiger partial charge in [0.05, 0.1) is 11.3 Å². The summed E-state index contributed by atoms with van der Waals surface area (Å²) in [5.74, 6) is 0.998. The molecule has 1 aromatic heterocycles. The normalized spacial score (nSPS) is 10.8.